The van der Waals surface area contributed by atoms with Gasteiger partial charge >= 0.3 is 5.97 Å². The number of benzene rings is 1. The SMILES string of the molecule is CCOCCCC(Cc1ccccc1F)C(=O)O. The molecule has 0 aliphatic rings. The average Bonchev–Trinajstić information content (AvgIpc) is 2.35. The Kier molecular flexibility index (Phi) is 6.36. The summed E-state index contributed by atoms with van der Waals surface area (Å²) in [7, 11) is 0. The number of aliphatic carboxylic acids is 1. The summed E-state index contributed by atoms with van der Waals surface area (Å²) in [6, 6.07) is 6.31. The first-order valence-corrected chi connectivity index (χ1v) is 6.19. The van der Waals surface area contributed by atoms with Gasteiger partial charge in [0, 0.05) is 13.2 Å². The standard InChI is InChI=1S/C14H19FO3/c1-2-18-9-5-7-12(14(16)17)10-11-6-3-4-8-13(11)15/h3-4,6,8,12H,2,5,7,9-10H2,1H3,(H,16,17). The molecule has 0 saturated carbocycles. The third kappa shape index (κ3) is 4.84. The molecule has 0 aliphatic carbocycles. The van der Waals surface area contributed by atoms with Crippen molar-refractivity contribution in [2.45, 2.75) is 26.2 Å². The number of carboxylic acid groups (broad SMARTS) is 1. The van der Waals surface area contributed by atoms with Crippen LogP contribution in [0.3, 0.4) is 0 Å². The number of hydrogen-bond donors (Lipinski definition) is 1. The fraction of sp³-hybridized carbons (Fsp3) is 0.500. The number of carbonyl (C=O) groups is 1. The van der Waals surface area contributed by atoms with Crippen molar-refractivity contribution >= 4 is 5.97 Å². The largest absolute Gasteiger partial charge is 0.481 e. The summed E-state index contributed by atoms with van der Waals surface area (Å²) in [6.45, 7) is 3.08. The Morgan fingerprint density at radius 1 is 1.44 bits per heavy atom. The molecule has 1 aromatic rings. The molecule has 4 heteroatoms. The predicted molar refractivity (Wildman–Crippen MR) is 67.0 cm³/mol. The lowest BCUT2D eigenvalue weighted by Gasteiger charge is -2.12. The van der Waals surface area contributed by atoms with Gasteiger partial charge in [-0.05, 0) is 37.8 Å². The molecule has 0 aromatic heterocycles. The van der Waals surface area contributed by atoms with Gasteiger partial charge < -0.3 is 9.84 Å². The maximum Gasteiger partial charge on any atom is 0.306 e. The van der Waals surface area contributed by atoms with E-state index in [4.69, 9.17) is 9.84 Å². The van der Waals surface area contributed by atoms with E-state index >= 15 is 0 Å². The summed E-state index contributed by atoms with van der Waals surface area (Å²) in [5, 5.41) is 9.12. The fourth-order valence-electron chi connectivity index (χ4n) is 1.82. The Labute approximate surface area is 107 Å². The Hall–Kier alpha value is -1.42. The van der Waals surface area contributed by atoms with Crippen molar-refractivity contribution in [3.63, 3.8) is 0 Å². The molecule has 1 aromatic carbocycles. The van der Waals surface area contributed by atoms with Gasteiger partial charge in [-0.25, -0.2) is 4.39 Å². The highest BCUT2D eigenvalue weighted by Gasteiger charge is 2.19. The van der Waals surface area contributed by atoms with Crippen molar-refractivity contribution in [3.8, 4) is 0 Å². The first kappa shape index (κ1) is 14.6. The summed E-state index contributed by atoms with van der Waals surface area (Å²) in [6.07, 6.45) is 1.41. The van der Waals surface area contributed by atoms with E-state index in [1.54, 1.807) is 18.2 Å². The van der Waals surface area contributed by atoms with Gasteiger partial charge in [0.05, 0.1) is 5.92 Å². The lowest BCUT2D eigenvalue weighted by atomic mass is 9.95. The maximum atomic E-state index is 13.4. The predicted octanol–water partition coefficient (Wildman–Crippen LogP) is 2.89. The number of carboxylic acids is 1. The van der Waals surface area contributed by atoms with E-state index in [0.29, 0.717) is 31.6 Å². The van der Waals surface area contributed by atoms with E-state index in [2.05, 4.69) is 0 Å². The van der Waals surface area contributed by atoms with Crippen LogP contribution in [-0.4, -0.2) is 24.3 Å². The normalized spacial score (nSPS) is 12.3. The molecule has 1 N–H and O–H groups in total. The highest BCUT2D eigenvalue weighted by molar-refractivity contribution is 5.70. The number of rotatable bonds is 8. The van der Waals surface area contributed by atoms with E-state index in [-0.39, 0.29) is 12.2 Å². The van der Waals surface area contributed by atoms with E-state index in [0.717, 1.165) is 0 Å². The number of halogens is 1. The van der Waals surface area contributed by atoms with Gasteiger partial charge in [-0.3, -0.25) is 4.79 Å². The van der Waals surface area contributed by atoms with Crippen LogP contribution in [-0.2, 0) is 16.0 Å². The number of hydrogen-bond acceptors (Lipinski definition) is 2. The van der Waals surface area contributed by atoms with Gasteiger partial charge in [0.15, 0.2) is 0 Å². The van der Waals surface area contributed by atoms with Crippen LogP contribution in [0, 0.1) is 11.7 Å². The van der Waals surface area contributed by atoms with Crippen LogP contribution in [0.2, 0.25) is 0 Å². The molecule has 1 atom stereocenters. The fourth-order valence-corrected chi connectivity index (χ4v) is 1.82. The van der Waals surface area contributed by atoms with Crippen LogP contribution >= 0.6 is 0 Å². The van der Waals surface area contributed by atoms with Gasteiger partial charge in [0.2, 0.25) is 0 Å². The zero-order valence-corrected chi connectivity index (χ0v) is 10.6. The molecule has 0 amide bonds. The van der Waals surface area contributed by atoms with Crippen molar-refractivity contribution in [2.24, 2.45) is 5.92 Å². The van der Waals surface area contributed by atoms with Gasteiger partial charge in [0.25, 0.3) is 0 Å². The van der Waals surface area contributed by atoms with Gasteiger partial charge in [-0.15, -0.1) is 0 Å². The molecule has 0 bridgehead atoms. The molecular weight excluding hydrogens is 235 g/mol. The van der Waals surface area contributed by atoms with Crippen molar-refractivity contribution in [3.05, 3.63) is 35.6 Å². The second-order valence-corrected chi connectivity index (χ2v) is 4.17. The van der Waals surface area contributed by atoms with E-state index in [1.807, 2.05) is 6.92 Å². The molecule has 100 valence electrons. The van der Waals surface area contributed by atoms with E-state index in [9.17, 15) is 9.18 Å². The van der Waals surface area contributed by atoms with Crippen molar-refractivity contribution < 1.29 is 19.0 Å². The van der Waals surface area contributed by atoms with Gasteiger partial charge in [-0.2, -0.15) is 0 Å². The molecular formula is C14H19FO3. The molecule has 0 aliphatic heterocycles. The summed E-state index contributed by atoms with van der Waals surface area (Å²) >= 11 is 0. The smallest absolute Gasteiger partial charge is 0.306 e. The third-order valence-corrected chi connectivity index (χ3v) is 2.82. The Morgan fingerprint density at radius 3 is 2.78 bits per heavy atom. The van der Waals surface area contributed by atoms with Crippen molar-refractivity contribution in [1.29, 1.82) is 0 Å². The van der Waals surface area contributed by atoms with Crippen LogP contribution in [0.25, 0.3) is 0 Å². The van der Waals surface area contributed by atoms with E-state index < -0.39 is 11.9 Å². The molecule has 0 saturated heterocycles. The zero-order valence-electron chi connectivity index (χ0n) is 10.6. The minimum absolute atomic E-state index is 0.230. The molecule has 3 nitrogen and oxygen atoms in total. The first-order chi connectivity index (χ1) is 8.65. The monoisotopic (exact) mass is 254 g/mol. The highest BCUT2D eigenvalue weighted by Crippen LogP contribution is 2.17. The summed E-state index contributed by atoms with van der Waals surface area (Å²) in [5.41, 5.74) is 0.460. The lowest BCUT2D eigenvalue weighted by Crippen LogP contribution is -2.17. The average molecular weight is 254 g/mol. The second kappa shape index (κ2) is 7.82. The summed E-state index contributed by atoms with van der Waals surface area (Å²) < 4.78 is 18.6. The molecule has 18 heavy (non-hydrogen) atoms. The molecule has 0 spiro atoms. The Bertz CT molecular complexity index is 379. The minimum atomic E-state index is -0.880. The minimum Gasteiger partial charge on any atom is -0.481 e. The zero-order chi connectivity index (χ0) is 13.4. The second-order valence-electron chi connectivity index (χ2n) is 4.17. The first-order valence-electron chi connectivity index (χ1n) is 6.19. The van der Waals surface area contributed by atoms with Gasteiger partial charge in [-0.1, -0.05) is 18.2 Å². The summed E-state index contributed by atoms with van der Waals surface area (Å²) in [4.78, 5) is 11.1. The lowest BCUT2D eigenvalue weighted by molar-refractivity contribution is -0.142. The van der Waals surface area contributed by atoms with E-state index in [1.165, 1.54) is 6.07 Å². The van der Waals surface area contributed by atoms with Crippen molar-refractivity contribution in [2.75, 3.05) is 13.2 Å². The molecule has 0 radical (unpaired) electrons. The van der Waals surface area contributed by atoms with Crippen LogP contribution in [0.4, 0.5) is 4.39 Å². The molecule has 0 fully saturated rings. The number of ether oxygens (including phenoxy) is 1. The molecule has 1 rings (SSSR count). The van der Waals surface area contributed by atoms with Gasteiger partial charge in [0.1, 0.15) is 5.82 Å². The quantitative estimate of drug-likeness (QED) is 0.725. The third-order valence-electron chi connectivity index (χ3n) is 2.82. The maximum absolute atomic E-state index is 13.4. The molecule has 1 unspecified atom stereocenters. The Balaban J connectivity index is 2.53. The Morgan fingerprint density at radius 2 is 2.17 bits per heavy atom. The highest BCUT2D eigenvalue weighted by atomic mass is 19.1. The van der Waals surface area contributed by atoms with Crippen molar-refractivity contribution in [1.82, 2.24) is 0 Å². The van der Waals surface area contributed by atoms with Crippen LogP contribution < -0.4 is 0 Å². The molecule has 0 heterocycles. The van der Waals surface area contributed by atoms with Crippen LogP contribution in [0.5, 0.6) is 0 Å². The van der Waals surface area contributed by atoms with Crippen LogP contribution in [0.15, 0.2) is 24.3 Å². The topological polar surface area (TPSA) is 46.5 Å². The summed E-state index contributed by atoms with van der Waals surface area (Å²) in [5.74, 6) is -1.77. The van der Waals surface area contributed by atoms with Crippen LogP contribution in [0.1, 0.15) is 25.3 Å².